The van der Waals surface area contributed by atoms with Crippen molar-refractivity contribution in [2.75, 3.05) is 54.1 Å². The lowest BCUT2D eigenvalue weighted by Gasteiger charge is -2.24. The summed E-state index contributed by atoms with van der Waals surface area (Å²) in [6.07, 6.45) is 40.2. The van der Waals surface area contributed by atoms with Crippen LogP contribution in [0.25, 0.3) is 0 Å². The molecule has 0 aromatic heterocycles. The summed E-state index contributed by atoms with van der Waals surface area (Å²) in [5.41, 5.74) is 0. The molecule has 0 bridgehead atoms. The number of phosphoric ester groups is 1. The molecule has 286 valence electrons. The van der Waals surface area contributed by atoms with Gasteiger partial charge in [-0.2, -0.15) is 0 Å². The number of hydrogen-bond donors (Lipinski definition) is 1. The summed E-state index contributed by atoms with van der Waals surface area (Å²) in [7, 11) is 1.66. The topological polar surface area (TPSA) is 91.3 Å². The van der Waals surface area contributed by atoms with Crippen LogP contribution in [0.3, 0.4) is 0 Å². The first-order chi connectivity index (χ1) is 23.6. The number of likely N-dealkylation sites (N-methyl/N-ethyl adjacent to an activating group) is 1. The lowest BCUT2D eigenvalue weighted by atomic mass is 10.0. The number of hydrogen-bond acceptors (Lipinski definition) is 6. The van der Waals surface area contributed by atoms with E-state index in [4.69, 9.17) is 18.5 Å². The van der Waals surface area contributed by atoms with Crippen LogP contribution in [0.15, 0.2) is 48.6 Å². The molecule has 0 aliphatic carbocycles. The minimum Gasteiger partial charge on any atom is -0.457 e. The molecule has 0 amide bonds. The van der Waals surface area contributed by atoms with E-state index in [9.17, 15) is 14.3 Å². The molecule has 0 fully saturated rings. The number of allylic oxidation sites excluding steroid dienone is 8. The third-order valence-corrected chi connectivity index (χ3v) is 8.86. The van der Waals surface area contributed by atoms with Crippen molar-refractivity contribution < 1.29 is 37.3 Å². The predicted molar refractivity (Wildman–Crippen MR) is 206 cm³/mol. The molecule has 49 heavy (non-hydrogen) atoms. The molecular formula is C40H75NO7P+. The van der Waals surface area contributed by atoms with Crippen molar-refractivity contribution in [1.29, 1.82) is 0 Å². The van der Waals surface area contributed by atoms with Crippen molar-refractivity contribution in [3.05, 3.63) is 48.6 Å². The summed E-state index contributed by atoms with van der Waals surface area (Å²) in [6, 6.07) is 0. The van der Waals surface area contributed by atoms with Gasteiger partial charge in [0.05, 0.1) is 34.4 Å². The zero-order valence-corrected chi connectivity index (χ0v) is 33.1. The fraction of sp³-hybridized carbons (Fsp3) is 0.775. The van der Waals surface area contributed by atoms with Crippen LogP contribution in [0.2, 0.25) is 0 Å². The van der Waals surface area contributed by atoms with Gasteiger partial charge in [-0.15, -0.1) is 0 Å². The van der Waals surface area contributed by atoms with Crippen molar-refractivity contribution in [1.82, 2.24) is 0 Å². The summed E-state index contributed by atoms with van der Waals surface area (Å²) in [5, 5.41) is 0. The number of quaternary nitrogens is 1. The van der Waals surface area contributed by atoms with Crippen molar-refractivity contribution in [2.24, 2.45) is 0 Å². The van der Waals surface area contributed by atoms with Crippen molar-refractivity contribution >= 4 is 13.8 Å². The monoisotopic (exact) mass is 713 g/mol. The van der Waals surface area contributed by atoms with E-state index in [0.717, 1.165) is 38.5 Å². The first kappa shape index (κ1) is 47.5. The minimum absolute atomic E-state index is 0.0860. The number of unbranched alkanes of at least 4 members (excludes halogenated alkanes) is 13. The van der Waals surface area contributed by atoms with E-state index in [1.54, 1.807) is 0 Å². The molecule has 2 unspecified atom stereocenters. The molecule has 0 saturated carbocycles. The van der Waals surface area contributed by atoms with Crippen molar-refractivity contribution in [3.63, 3.8) is 0 Å². The van der Waals surface area contributed by atoms with Gasteiger partial charge in [0.2, 0.25) is 0 Å². The van der Waals surface area contributed by atoms with Crippen molar-refractivity contribution in [2.45, 2.75) is 148 Å². The molecule has 0 aliphatic heterocycles. The fourth-order valence-electron chi connectivity index (χ4n) is 4.93. The molecule has 0 spiro atoms. The Morgan fingerprint density at radius 2 is 1.14 bits per heavy atom. The largest absolute Gasteiger partial charge is 0.472 e. The smallest absolute Gasteiger partial charge is 0.457 e. The maximum absolute atomic E-state index is 12.2. The van der Waals surface area contributed by atoms with E-state index in [-0.39, 0.29) is 32.2 Å². The molecule has 0 aliphatic rings. The Hall–Kier alpha value is -1.54. The minimum atomic E-state index is -4.24. The molecule has 9 heteroatoms. The number of nitrogens with zero attached hydrogens (tertiary/aromatic N) is 1. The number of ether oxygens (including phenoxy) is 2. The lowest BCUT2D eigenvalue weighted by Crippen LogP contribution is -2.37. The van der Waals surface area contributed by atoms with E-state index in [2.05, 4.69) is 55.5 Å². The molecular weight excluding hydrogens is 637 g/mol. The standard InChI is InChI=1S/C40H74NO7P/c1-6-8-9-10-11-12-13-14-15-16-17-18-19-20-21-22-23-24-25-26-27-28-29-30-31-32-35-45-37-39(48-40(42)33-7-2)38-47-49(43,44)46-36-34-41(3,4)5/h8-9,11-12,14-15,17-18,39H,6-7,10,13,16,19-38H2,1-5H3/p+1/b9-8-,12-11-,15-14-,18-17-. The summed E-state index contributed by atoms with van der Waals surface area (Å²) < 4.78 is 34.2. The van der Waals surface area contributed by atoms with E-state index in [1.807, 2.05) is 28.1 Å². The Bertz CT molecular complexity index is 926. The number of esters is 1. The Labute approximate surface area is 301 Å². The molecule has 0 aromatic carbocycles. The first-order valence-electron chi connectivity index (χ1n) is 19.4. The average molecular weight is 713 g/mol. The Morgan fingerprint density at radius 3 is 1.65 bits per heavy atom. The highest BCUT2D eigenvalue weighted by Crippen LogP contribution is 2.43. The van der Waals surface area contributed by atoms with Gasteiger partial charge in [-0.25, -0.2) is 4.57 Å². The second-order valence-corrected chi connectivity index (χ2v) is 15.4. The van der Waals surface area contributed by atoms with Gasteiger partial charge in [-0.3, -0.25) is 13.8 Å². The maximum atomic E-state index is 12.2. The Morgan fingerprint density at radius 1 is 0.653 bits per heavy atom. The van der Waals surface area contributed by atoms with Crippen LogP contribution in [0, 0.1) is 0 Å². The van der Waals surface area contributed by atoms with Crippen LogP contribution >= 0.6 is 7.82 Å². The van der Waals surface area contributed by atoms with Crippen LogP contribution in [0.4, 0.5) is 0 Å². The van der Waals surface area contributed by atoms with Gasteiger partial charge in [-0.05, 0) is 51.4 Å². The highest BCUT2D eigenvalue weighted by Gasteiger charge is 2.26. The van der Waals surface area contributed by atoms with E-state index in [1.165, 1.54) is 77.0 Å². The molecule has 0 heterocycles. The predicted octanol–water partition coefficient (Wildman–Crippen LogP) is 10.8. The molecule has 0 radical (unpaired) electrons. The Kier molecular flexibility index (Phi) is 32.5. The van der Waals surface area contributed by atoms with Crippen LogP contribution in [0.1, 0.15) is 142 Å². The number of phosphoric acid groups is 1. The average Bonchev–Trinajstić information content (AvgIpc) is 3.04. The molecule has 1 N–H and O–H groups in total. The van der Waals surface area contributed by atoms with Gasteiger partial charge in [0, 0.05) is 13.0 Å². The summed E-state index contributed by atoms with van der Waals surface area (Å²) in [5.74, 6) is -0.369. The van der Waals surface area contributed by atoms with Gasteiger partial charge < -0.3 is 18.9 Å². The van der Waals surface area contributed by atoms with Crippen LogP contribution in [0.5, 0.6) is 0 Å². The highest BCUT2D eigenvalue weighted by atomic mass is 31.2. The zero-order chi connectivity index (χ0) is 36.3. The molecule has 2 atom stereocenters. The zero-order valence-electron chi connectivity index (χ0n) is 32.2. The third kappa shape index (κ3) is 37.5. The summed E-state index contributed by atoms with van der Waals surface area (Å²) in [4.78, 5) is 22.0. The lowest BCUT2D eigenvalue weighted by molar-refractivity contribution is -0.870. The van der Waals surface area contributed by atoms with Crippen LogP contribution in [-0.2, 0) is 27.9 Å². The van der Waals surface area contributed by atoms with E-state index in [0.29, 0.717) is 24.1 Å². The van der Waals surface area contributed by atoms with Gasteiger partial charge in [0.15, 0.2) is 0 Å². The first-order valence-corrected chi connectivity index (χ1v) is 20.9. The van der Waals surface area contributed by atoms with Crippen LogP contribution in [-0.4, -0.2) is 75.6 Å². The van der Waals surface area contributed by atoms with E-state index >= 15 is 0 Å². The third-order valence-electron chi connectivity index (χ3n) is 7.87. The second kappa shape index (κ2) is 33.6. The molecule has 8 nitrogen and oxygen atoms in total. The fourth-order valence-corrected chi connectivity index (χ4v) is 5.67. The molecule has 0 aromatic rings. The Balaban J connectivity index is 3.73. The van der Waals surface area contributed by atoms with Crippen molar-refractivity contribution in [3.8, 4) is 0 Å². The van der Waals surface area contributed by atoms with Gasteiger partial charge in [0.1, 0.15) is 19.3 Å². The quantitative estimate of drug-likeness (QED) is 0.0230. The van der Waals surface area contributed by atoms with Gasteiger partial charge >= 0.3 is 13.8 Å². The number of carbonyl (C=O) groups is 1. The normalized spacial score (nSPS) is 14.5. The summed E-state index contributed by atoms with van der Waals surface area (Å²) in [6.45, 7) is 5.13. The number of rotatable bonds is 35. The van der Waals surface area contributed by atoms with Gasteiger partial charge in [0.25, 0.3) is 0 Å². The highest BCUT2D eigenvalue weighted by molar-refractivity contribution is 7.47. The van der Waals surface area contributed by atoms with Crippen LogP contribution < -0.4 is 0 Å². The van der Waals surface area contributed by atoms with E-state index < -0.39 is 13.9 Å². The number of carbonyl (C=O) groups excluding carboxylic acids is 1. The maximum Gasteiger partial charge on any atom is 0.472 e. The summed E-state index contributed by atoms with van der Waals surface area (Å²) >= 11 is 0. The second-order valence-electron chi connectivity index (χ2n) is 13.9. The van der Waals surface area contributed by atoms with Gasteiger partial charge in [-0.1, -0.05) is 133 Å². The molecule has 0 rings (SSSR count). The SMILES string of the molecule is CC/C=C\C/C=C\C/C=C\C/C=C\CCCCCCCCCCCCCCCOCC(COP(=O)(O)OCC[N+](C)(C)C)OC(=O)CCC. The molecule has 0 saturated heterocycles.